The quantitative estimate of drug-likeness (QED) is 0.786. The van der Waals surface area contributed by atoms with Gasteiger partial charge >= 0.3 is 5.97 Å². The van der Waals surface area contributed by atoms with Crippen LogP contribution in [0.5, 0.6) is 0 Å². The Morgan fingerprint density at radius 2 is 2.28 bits per heavy atom. The first-order valence-corrected chi connectivity index (χ1v) is 6.62. The summed E-state index contributed by atoms with van der Waals surface area (Å²) in [5.41, 5.74) is 1.26. The van der Waals surface area contributed by atoms with Gasteiger partial charge < -0.3 is 14.6 Å². The number of ether oxygens (including phenoxy) is 1. The van der Waals surface area contributed by atoms with Gasteiger partial charge in [0.15, 0.2) is 0 Å². The topological polar surface area (TPSA) is 43.3 Å². The first kappa shape index (κ1) is 13.1. The minimum atomic E-state index is -0.181. The summed E-state index contributed by atoms with van der Waals surface area (Å²) in [5.74, 6) is 0.577. The molecule has 1 atom stereocenters. The molecule has 1 aliphatic rings. The second-order valence-corrected chi connectivity index (χ2v) is 5.26. The molecular formula is C14H22N2O2. The number of nitrogens with zero attached hydrogens (tertiary/aromatic N) is 1. The molecule has 4 heteroatoms. The van der Waals surface area contributed by atoms with E-state index in [-0.39, 0.29) is 12.1 Å². The summed E-state index contributed by atoms with van der Waals surface area (Å²) in [6.45, 7) is 4.02. The van der Waals surface area contributed by atoms with Crippen molar-refractivity contribution in [3.05, 3.63) is 24.0 Å². The molecule has 1 aromatic rings. The minimum Gasteiger partial charge on any atom is -0.462 e. The van der Waals surface area contributed by atoms with E-state index in [1.54, 1.807) is 0 Å². The monoisotopic (exact) mass is 250 g/mol. The van der Waals surface area contributed by atoms with Gasteiger partial charge in [-0.25, -0.2) is 0 Å². The third-order valence-electron chi connectivity index (χ3n) is 3.22. The number of carbonyl (C=O) groups is 1. The molecule has 1 aromatic heterocycles. The normalized spacial score (nSPS) is 16.9. The Balaban J connectivity index is 1.95. The molecule has 1 aliphatic carbocycles. The van der Waals surface area contributed by atoms with Crippen molar-refractivity contribution in [3.63, 3.8) is 0 Å². The third-order valence-corrected chi connectivity index (χ3v) is 3.22. The fraction of sp³-hybridized carbons (Fsp3) is 0.643. The lowest BCUT2D eigenvalue weighted by atomic mass is 10.1. The molecule has 0 spiro atoms. The van der Waals surface area contributed by atoms with Crippen LogP contribution in [0.15, 0.2) is 18.5 Å². The SMILES string of the molecule is CNC(c1ccn(CC(=O)OC(C)C)c1)C1CC1. The highest BCUT2D eigenvalue weighted by Gasteiger charge is 2.31. The second-order valence-electron chi connectivity index (χ2n) is 5.26. The highest BCUT2D eigenvalue weighted by molar-refractivity contribution is 5.69. The van der Waals surface area contributed by atoms with Crippen molar-refractivity contribution in [2.45, 2.75) is 45.4 Å². The van der Waals surface area contributed by atoms with Gasteiger partial charge in [0.1, 0.15) is 6.54 Å². The van der Waals surface area contributed by atoms with E-state index in [1.807, 2.05) is 37.9 Å². The maximum absolute atomic E-state index is 11.6. The first-order chi connectivity index (χ1) is 8.60. The summed E-state index contributed by atoms with van der Waals surface area (Å²) in [7, 11) is 1.99. The molecule has 0 bridgehead atoms. The van der Waals surface area contributed by atoms with E-state index < -0.39 is 0 Å². The fourth-order valence-corrected chi connectivity index (χ4v) is 2.29. The van der Waals surface area contributed by atoms with Crippen molar-refractivity contribution in [2.24, 2.45) is 5.92 Å². The minimum absolute atomic E-state index is 0.0518. The predicted molar refractivity (Wildman–Crippen MR) is 70.2 cm³/mol. The molecule has 100 valence electrons. The van der Waals surface area contributed by atoms with E-state index in [4.69, 9.17) is 4.74 Å². The second kappa shape index (κ2) is 5.57. The zero-order chi connectivity index (χ0) is 13.1. The van der Waals surface area contributed by atoms with Gasteiger partial charge in [-0.15, -0.1) is 0 Å². The third kappa shape index (κ3) is 3.35. The lowest BCUT2D eigenvalue weighted by molar-refractivity contribution is -0.148. The lowest BCUT2D eigenvalue weighted by Gasteiger charge is -2.13. The van der Waals surface area contributed by atoms with Crippen molar-refractivity contribution < 1.29 is 9.53 Å². The number of rotatable bonds is 6. The maximum Gasteiger partial charge on any atom is 0.326 e. The first-order valence-electron chi connectivity index (χ1n) is 6.62. The summed E-state index contributed by atoms with van der Waals surface area (Å²) in [6, 6.07) is 2.51. The molecule has 0 aliphatic heterocycles. The fourth-order valence-electron chi connectivity index (χ4n) is 2.29. The smallest absolute Gasteiger partial charge is 0.326 e. The average molecular weight is 250 g/mol. The van der Waals surface area contributed by atoms with Crippen LogP contribution >= 0.6 is 0 Å². The van der Waals surface area contributed by atoms with E-state index in [2.05, 4.69) is 11.4 Å². The lowest BCUT2D eigenvalue weighted by Crippen LogP contribution is -2.18. The number of hydrogen-bond acceptors (Lipinski definition) is 3. The van der Waals surface area contributed by atoms with Crippen molar-refractivity contribution in [1.82, 2.24) is 9.88 Å². The molecular weight excluding hydrogens is 228 g/mol. The number of carbonyl (C=O) groups excluding carboxylic acids is 1. The molecule has 0 aromatic carbocycles. The Labute approximate surface area is 108 Å². The summed E-state index contributed by atoms with van der Waals surface area (Å²) >= 11 is 0. The predicted octanol–water partition coefficient (Wildman–Crippen LogP) is 2.11. The van der Waals surface area contributed by atoms with Gasteiger partial charge in [-0.3, -0.25) is 4.79 Å². The van der Waals surface area contributed by atoms with Crippen LogP contribution < -0.4 is 5.32 Å². The van der Waals surface area contributed by atoms with Crippen molar-refractivity contribution >= 4 is 5.97 Å². The number of aromatic nitrogens is 1. The largest absolute Gasteiger partial charge is 0.462 e. The molecule has 1 fully saturated rings. The van der Waals surface area contributed by atoms with Gasteiger partial charge in [-0.05, 0) is 51.3 Å². The Bertz CT molecular complexity index is 408. The van der Waals surface area contributed by atoms with Crippen LogP contribution in [-0.2, 0) is 16.1 Å². The maximum atomic E-state index is 11.6. The van der Waals surface area contributed by atoms with Crippen molar-refractivity contribution in [1.29, 1.82) is 0 Å². The van der Waals surface area contributed by atoms with Gasteiger partial charge in [0, 0.05) is 18.4 Å². The number of esters is 1. The zero-order valence-corrected chi connectivity index (χ0v) is 11.3. The molecule has 1 N–H and O–H groups in total. The summed E-state index contributed by atoms with van der Waals surface area (Å²) in [4.78, 5) is 11.6. The van der Waals surface area contributed by atoms with Gasteiger partial charge in [0.2, 0.25) is 0 Å². The van der Waals surface area contributed by atoms with Crippen LogP contribution in [0.25, 0.3) is 0 Å². The number of hydrogen-bond donors (Lipinski definition) is 1. The van der Waals surface area contributed by atoms with Gasteiger partial charge in [-0.1, -0.05) is 0 Å². The molecule has 18 heavy (non-hydrogen) atoms. The van der Waals surface area contributed by atoms with Crippen molar-refractivity contribution in [3.8, 4) is 0 Å². The highest BCUT2D eigenvalue weighted by Crippen LogP contribution is 2.40. The van der Waals surface area contributed by atoms with Gasteiger partial charge in [-0.2, -0.15) is 0 Å². The Hall–Kier alpha value is -1.29. The molecule has 1 heterocycles. The molecule has 4 nitrogen and oxygen atoms in total. The van der Waals surface area contributed by atoms with E-state index in [9.17, 15) is 4.79 Å². The summed E-state index contributed by atoms with van der Waals surface area (Å²) in [5, 5.41) is 3.35. The Morgan fingerprint density at radius 3 is 2.83 bits per heavy atom. The Kier molecular flexibility index (Phi) is 4.07. The number of nitrogens with one attached hydrogen (secondary N) is 1. The average Bonchev–Trinajstić information content (AvgIpc) is 3.00. The van der Waals surface area contributed by atoms with Gasteiger partial charge in [0.05, 0.1) is 6.10 Å². The van der Waals surface area contributed by atoms with Crippen LogP contribution in [0.2, 0.25) is 0 Å². The van der Waals surface area contributed by atoms with Crippen LogP contribution in [0.4, 0.5) is 0 Å². The molecule has 2 rings (SSSR count). The molecule has 0 saturated heterocycles. The van der Waals surface area contributed by atoms with Crippen LogP contribution in [0.1, 0.15) is 38.3 Å². The zero-order valence-electron chi connectivity index (χ0n) is 11.3. The summed E-state index contributed by atoms with van der Waals surface area (Å²) < 4.78 is 7.03. The Morgan fingerprint density at radius 1 is 1.56 bits per heavy atom. The standard InChI is InChI=1S/C14H22N2O2/c1-10(2)18-13(17)9-16-7-6-12(8-16)14(15-3)11-4-5-11/h6-8,10-11,14-15H,4-5,9H2,1-3H3. The molecule has 1 saturated carbocycles. The highest BCUT2D eigenvalue weighted by atomic mass is 16.5. The molecule has 0 radical (unpaired) electrons. The summed E-state index contributed by atoms with van der Waals surface area (Å²) in [6.07, 6.45) is 6.53. The molecule has 1 unspecified atom stereocenters. The van der Waals surface area contributed by atoms with Crippen molar-refractivity contribution in [2.75, 3.05) is 7.05 Å². The van der Waals surface area contributed by atoms with E-state index in [1.165, 1.54) is 18.4 Å². The van der Waals surface area contributed by atoms with Crippen LogP contribution in [-0.4, -0.2) is 23.7 Å². The van der Waals surface area contributed by atoms with Crippen LogP contribution in [0.3, 0.4) is 0 Å². The van der Waals surface area contributed by atoms with Crippen LogP contribution in [0, 0.1) is 5.92 Å². The van der Waals surface area contributed by atoms with E-state index >= 15 is 0 Å². The van der Waals surface area contributed by atoms with E-state index in [0.29, 0.717) is 12.6 Å². The van der Waals surface area contributed by atoms with Gasteiger partial charge in [0.25, 0.3) is 0 Å². The molecule has 0 amide bonds. The van der Waals surface area contributed by atoms with E-state index in [0.717, 1.165) is 5.92 Å².